The molecule has 3 amide bonds. The molecule has 2 aliphatic heterocycles. The van der Waals surface area contributed by atoms with Crippen molar-refractivity contribution in [3.05, 3.63) is 95.1 Å². The van der Waals surface area contributed by atoms with E-state index >= 15 is 0 Å². The Hall–Kier alpha value is -4.13. The minimum absolute atomic E-state index is 0.105. The molecule has 3 aromatic carbocycles. The molecule has 0 aliphatic carbocycles. The summed E-state index contributed by atoms with van der Waals surface area (Å²) in [6, 6.07) is 23.1. The number of ether oxygens (including phenoxy) is 1. The highest BCUT2D eigenvalue weighted by atomic mass is 16.5. The van der Waals surface area contributed by atoms with Crippen LogP contribution in [-0.2, 0) is 17.8 Å². The third kappa shape index (κ3) is 5.14. The van der Waals surface area contributed by atoms with Crippen molar-refractivity contribution in [1.29, 1.82) is 0 Å². The molecule has 5 rings (SSSR count). The van der Waals surface area contributed by atoms with Gasteiger partial charge in [0.15, 0.2) is 0 Å². The standard InChI is InChI=1S/C31H33N3O4/c1-32(20-23-9-4-3-5-10-23)29(35)24-12-8-17-33(21-24)27-15-7-14-26-28(27)31(37)34(30(26)36)18-16-22-11-6-13-25(19-22)38-2/h3-7,9-11,13-15,19,24H,8,12,16-18,20-21H2,1-2H3. The summed E-state index contributed by atoms with van der Waals surface area (Å²) in [5, 5.41) is 0. The Bertz CT molecular complexity index is 1340. The normalized spacial score (nSPS) is 16.9. The molecule has 7 nitrogen and oxygen atoms in total. The van der Waals surface area contributed by atoms with Crippen LogP contribution in [0.5, 0.6) is 5.75 Å². The molecule has 0 radical (unpaired) electrons. The van der Waals surface area contributed by atoms with Crippen molar-refractivity contribution in [2.45, 2.75) is 25.8 Å². The fraction of sp³-hybridized carbons (Fsp3) is 0.323. The number of nitrogens with zero attached hydrogens (tertiary/aromatic N) is 3. The fourth-order valence-corrected chi connectivity index (χ4v) is 5.50. The highest BCUT2D eigenvalue weighted by molar-refractivity contribution is 6.23. The Morgan fingerprint density at radius 2 is 1.74 bits per heavy atom. The van der Waals surface area contributed by atoms with Crippen LogP contribution in [0.2, 0.25) is 0 Å². The summed E-state index contributed by atoms with van der Waals surface area (Å²) in [7, 11) is 3.46. The smallest absolute Gasteiger partial charge is 0.263 e. The monoisotopic (exact) mass is 511 g/mol. The van der Waals surface area contributed by atoms with Crippen LogP contribution >= 0.6 is 0 Å². The van der Waals surface area contributed by atoms with E-state index in [9.17, 15) is 14.4 Å². The molecule has 2 heterocycles. The second-order valence-electron chi connectivity index (χ2n) is 10.0. The SMILES string of the molecule is COc1cccc(CCN2C(=O)c3cccc(N4CCCC(C(=O)N(C)Cc5ccccc5)C4)c3C2=O)c1. The largest absolute Gasteiger partial charge is 0.497 e. The van der Waals surface area contributed by atoms with E-state index in [0.29, 0.717) is 37.2 Å². The van der Waals surface area contributed by atoms with Crippen molar-refractivity contribution in [3.63, 3.8) is 0 Å². The number of hydrogen-bond acceptors (Lipinski definition) is 5. The van der Waals surface area contributed by atoms with Gasteiger partial charge in [-0.15, -0.1) is 0 Å². The number of carbonyl (C=O) groups is 3. The maximum Gasteiger partial charge on any atom is 0.263 e. The second kappa shape index (κ2) is 11.1. The second-order valence-corrected chi connectivity index (χ2v) is 10.0. The minimum atomic E-state index is -0.266. The molecular formula is C31H33N3O4. The molecule has 38 heavy (non-hydrogen) atoms. The third-order valence-corrected chi connectivity index (χ3v) is 7.49. The molecule has 0 saturated carbocycles. The topological polar surface area (TPSA) is 70.2 Å². The summed E-state index contributed by atoms with van der Waals surface area (Å²) in [5.41, 5.74) is 3.72. The van der Waals surface area contributed by atoms with Gasteiger partial charge in [-0.05, 0) is 54.7 Å². The molecule has 0 aromatic heterocycles. The molecule has 1 saturated heterocycles. The Morgan fingerprint density at radius 1 is 0.974 bits per heavy atom. The number of piperidine rings is 1. The van der Waals surface area contributed by atoms with Gasteiger partial charge in [-0.1, -0.05) is 48.5 Å². The van der Waals surface area contributed by atoms with E-state index in [2.05, 4.69) is 4.90 Å². The van der Waals surface area contributed by atoms with Crippen molar-refractivity contribution in [3.8, 4) is 5.75 Å². The average molecular weight is 512 g/mol. The van der Waals surface area contributed by atoms with E-state index in [1.807, 2.05) is 73.8 Å². The lowest BCUT2D eigenvalue weighted by Crippen LogP contribution is -2.44. The molecule has 0 N–H and O–H groups in total. The van der Waals surface area contributed by atoms with Crippen LogP contribution in [-0.4, -0.2) is 61.3 Å². The predicted octanol–water partition coefficient (Wildman–Crippen LogP) is 4.41. The van der Waals surface area contributed by atoms with E-state index in [1.165, 1.54) is 4.90 Å². The van der Waals surface area contributed by atoms with Crippen molar-refractivity contribution in [2.24, 2.45) is 5.92 Å². The third-order valence-electron chi connectivity index (χ3n) is 7.49. The Morgan fingerprint density at radius 3 is 2.53 bits per heavy atom. The molecule has 1 unspecified atom stereocenters. The van der Waals surface area contributed by atoms with Gasteiger partial charge in [-0.2, -0.15) is 0 Å². The number of methoxy groups -OCH3 is 1. The van der Waals surface area contributed by atoms with Gasteiger partial charge in [-0.3, -0.25) is 19.3 Å². The van der Waals surface area contributed by atoms with Crippen LogP contribution in [0.1, 0.15) is 44.7 Å². The van der Waals surface area contributed by atoms with Crippen LogP contribution in [0.4, 0.5) is 5.69 Å². The fourth-order valence-electron chi connectivity index (χ4n) is 5.50. The van der Waals surface area contributed by atoms with Crippen molar-refractivity contribution < 1.29 is 19.1 Å². The lowest BCUT2D eigenvalue weighted by atomic mass is 9.94. The van der Waals surface area contributed by atoms with Gasteiger partial charge in [0, 0.05) is 33.2 Å². The van der Waals surface area contributed by atoms with Crippen molar-refractivity contribution >= 4 is 23.4 Å². The van der Waals surface area contributed by atoms with Crippen LogP contribution in [0.3, 0.4) is 0 Å². The van der Waals surface area contributed by atoms with Crippen LogP contribution in [0, 0.1) is 5.92 Å². The van der Waals surface area contributed by atoms with E-state index in [0.717, 1.165) is 42.0 Å². The van der Waals surface area contributed by atoms with Gasteiger partial charge in [0.25, 0.3) is 11.8 Å². The highest BCUT2D eigenvalue weighted by Gasteiger charge is 2.39. The average Bonchev–Trinajstić information content (AvgIpc) is 3.21. The number of amides is 3. The molecule has 2 aliphatic rings. The lowest BCUT2D eigenvalue weighted by molar-refractivity contribution is -0.135. The number of fused-ring (bicyclic) bond motifs is 1. The summed E-state index contributed by atoms with van der Waals surface area (Å²) < 4.78 is 5.29. The number of anilines is 1. The first-order chi connectivity index (χ1) is 18.5. The number of hydrogen-bond donors (Lipinski definition) is 0. The highest BCUT2D eigenvalue weighted by Crippen LogP contribution is 2.34. The number of benzene rings is 3. The molecule has 196 valence electrons. The predicted molar refractivity (Wildman–Crippen MR) is 146 cm³/mol. The van der Waals surface area contributed by atoms with E-state index in [-0.39, 0.29) is 23.6 Å². The van der Waals surface area contributed by atoms with Crippen LogP contribution in [0.15, 0.2) is 72.8 Å². The van der Waals surface area contributed by atoms with Gasteiger partial charge in [-0.25, -0.2) is 0 Å². The number of rotatable bonds is 8. The first-order valence-electron chi connectivity index (χ1n) is 13.1. The van der Waals surface area contributed by atoms with Crippen molar-refractivity contribution in [1.82, 2.24) is 9.80 Å². The molecule has 7 heteroatoms. The molecule has 1 atom stereocenters. The quantitative estimate of drug-likeness (QED) is 0.419. The lowest BCUT2D eigenvalue weighted by Gasteiger charge is -2.36. The summed E-state index contributed by atoms with van der Waals surface area (Å²) in [5.74, 6) is 0.161. The van der Waals surface area contributed by atoms with Gasteiger partial charge >= 0.3 is 0 Å². The van der Waals surface area contributed by atoms with Crippen molar-refractivity contribution in [2.75, 3.05) is 38.7 Å². The minimum Gasteiger partial charge on any atom is -0.497 e. The first kappa shape index (κ1) is 25.5. The molecule has 0 spiro atoms. The summed E-state index contributed by atoms with van der Waals surface area (Å²) in [4.78, 5) is 45.3. The Kier molecular flexibility index (Phi) is 7.45. The van der Waals surface area contributed by atoms with Gasteiger partial charge in [0.2, 0.25) is 5.91 Å². The molecule has 3 aromatic rings. The first-order valence-corrected chi connectivity index (χ1v) is 13.1. The Balaban J connectivity index is 1.30. The maximum atomic E-state index is 13.5. The van der Waals surface area contributed by atoms with E-state index in [1.54, 1.807) is 18.1 Å². The van der Waals surface area contributed by atoms with E-state index < -0.39 is 0 Å². The van der Waals surface area contributed by atoms with Gasteiger partial charge in [0.05, 0.1) is 29.8 Å². The molecule has 1 fully saturated rings. The van der Waals surface area contributed by atoms with Crippen LogP contribution < -0.4 is 9.64 Å². The maximum absolute atomic E-state index is 13.5. The molecular weight excluding hydrogens is 478 g/mol. The zero-order valence-corrected chi connectivity index (χ0v) is 21.9. The van der Waals surface area contributed by atoms with Crippen LogP contribution in [0.25, 0.3) is 0 Å². The zero-order valence-electron chi connectivity index (χ0n) is 21.9. The number of carbonyl (C=O) groups excluding carboxylic acids is 3. The number of imide groups is 1. The summed E-state index contributed by atoms with van der Waals surface area (Å²) in [6.45, 7) is 2.13. The van der Waals surface area contributed by atoms with Gasteiger partial charge in [0.1, 0.15) is 5.75 Å². The van der Waals surface area contributed by atoms with Gasteiger partial charge < -0.3 is 14.5 Å². The van der Waals surface area contributed by atoms with E-state index in [4.69, 9.17) is 4.74 Å². The zero-order chi connectivity index (χ0) is 26.6. The molecule has 0 bridgehead atoms. The summed E-state index contributed by atoms with van der Waals surface area (Å²) >= 11 is 0. The Labute approximate surface area is 223 Å². The summed E-state index contributed by atoms with van der Waals surface area (Å²) in [6.07, 6.45) is 2.20.